The summed E-state index contributed by atoms with van der Waals surface area (Å²) in [5.74, 6) is 0. The first-order valence-electron chi connectivity index (χ1n) is 5.72. The minimum absolute atomic E-state index is 0.0718. The Bertz CT molecular complexity index is 283. The topological polar surface area (TPSA) is 56.8 Å². The fourth-order valence-electron chi connectivity index (χ4n) is 1.41. The maximum absolute atomic E-state index is 11.4. The molecule has 1 N–H and O–H groups in total. The van der Waals surface area contributed by atoms with Crippen LogP contribution in [-0.4, -0.2) is 37.7 Å². The van der Waals surface area contributed by atoms with E-state index in [1.165, 1.54) is 0 Å². The van der Waals surface area contributed by atoms with E-state index in [9.17, 15) is 4.79 Å². The Kier molecular flexibility index (Phi) is 4.96. The van der Waals surface area contributed by atoms with Crippen molar-refractivity contribution in [3.05, 3.63) is 12.2 Å². The number of hydrogen-bond donors (Lipinski definition) is 1. The third-order valence-electron chi connectivity index (χ3n) is 2.12. The highest BCUT2D eigenvalue weighted by Gasteiger charge is 2.20. The number of alkyl carbamates (subject to hydrolysis) is 1. The third-order valence-corrected chi connectivity index (χ3v) is 2.12. The molecule has 0 aromatic rings. The van der Waals surface area contributed by atoms with E-state index in [2.05, 4.69) is 5.32 Å². The Labute approximate surface area is 102 Å². The molecular formula is C12H21NO4. The van der Waals surface area contributed by atoms with Crippen LogP contribution in [0.1, 0.15) is 27.2 Å². The molecule has 0 bridgehead atoms. The first kappa shape index (κ1) is 14.0. The molecule has 0 aliphatic carbocycles. The van der Waals surface area contributed by atoms with Crippen LogP contribution in [0.2, 0.25) is 0 Å². The second-order valence-corrected chi connectivity index (χ2v) is 4.91. The van der Waals surface area contributed by atoms with Crippen molar-refractivity contribution in [3.8, 4) is 0 Å². The van der Waals surface area contributed by atoms with E-state index in [1.807, 2.05) is 32.9 Å². The van der Waals surface area contributed by atoms with Crippen LogP contribution in [0.4, 0.5) is 4.79 Å². The van der Waals surface area contributed by atoms with Crippen LogP contribution >= 0.6 is 0 Å². The number of amides is 1. The highest BCUT2D eigenvalue weighted by molar-refractivity contribution is 5.67. The van der Waals surface area contributed by atoms with Crippen molar-refractivity contribution in [1.29, 1.82) is 0 Å². The second-order valence-electron chi connectivity index (χ2n) is 4.91. The maximum atomic E-state index is 11.4. The van der Waals surface area contributed by atoms with Crippen molar-refractivity contribution in [2.24, 2.45) is 0 Å². The highest BCUT2D eigenvalue weighted by atomic mass is 16.7. The van der Waals surface area contributed by atoms with Crippen LogP contribution in [0.25, 0.3) is 0 Å². The van der Waals surface area contributed by atoms with E-state index in [0.717, 1.165) is 6.42 Å². The van der Waals surface area contributed by atoms with Gasteiger partial charge < -0.3 is 19.5 Å². The molecule has 0 aromatic heterocycles. The van der Waals surface area contributed by atoms with E-state index >= 15 is 0 Å². The Morgan fingerprint density at radius 2 is 2.24 bits per heavy atom. The smallest absolute Gasteiger partial charge is 0.407 e. The largest absolute Gasteiger partial charge is 0.444 e. The summed E-state index contributed by atoms with van der Waals surface area (Å²) in [6.45, 7) is 5.90. The first-order valence-corrected chi connectivity index (χ1v) is 5.72. The molecule has 0 aromatic carbocycles. The predicted octanol–water partition coefficient (Wildman–Crippen LogP) is 1.83. The van der Waals surface area contributed by atoms with Gasteiger partial charge in [0.2, 0.25) is 0 Å². The summed E-state index contributed by atoms with van der Waals surface area (Å²) in [6, 6.07) is 0. The summed E-state index contributed by atoms with van der Waals surface area (Å²) in [4.78, 5) is 11.4. The van der Waals surface area contributed by atoms with Gasteiger partial charge in [0.1, 0.15) is 5.60 Å². The molecule has 2 atom stereocenters. The molecule has 1 aliphatic rings. The molecule has 0 fully saturated rings. The van der Waals surface area contributed by atoms with Crippen LogP contribution in [0.3, 0.4) is 0 Å². The van der Waals surface area contributed by atoms with Crippen LogP contribution in [0, 0.1) is 0 Å². The zero-order valence-corrected chi connectivity index (χ0v) is 10.9. The monoisotopic (exact) mass is 243 g/mol. The average molecular weight is 243 g/mol. The van der Waals surface area contributed by atoms with Gasteiger partial charge in [0.05, 0.1) is 6.10 Å². The number of carbonyl (C=O) groups is 1. The standard InChI is InChI=1S/C12H21NO4/c1-12(2,3)17-11(14)13-8-9-6-5-7-10(15-4)16-9/h5,7,9-10H,6,8H2,1-4H3,(H,13,14)/t9-,10-/m0/s1. The normalized spacial score (nSPS) is 24.5. The van der Waals surface area contributed by atoms with Gasteiger partial charge in [-0.1, -0.05) is 6.08 Å². The van der Waals surface area contributed by atoms with Crippen molar-refractivity contribution in [3.63, 3.8) is 0 Å². The van der Waals surface area contributed by atoms with Crippen LogP contribution < -0.4 is 5.32 Å². The van der Waals surface area contributed by atoms with E-state index in [0.29, 0.717) is 6.54 Å². The molecule has 98 valence electrons. The van der Waals surface area contributed by atoms with Crippen molar-refractivity contribution in [2.45, 2.75) is 45.2 Å². The van der Waals surface area contributed by atoms with Crippen molar-refractivity contribution >= 4 is 6.09 Å². The molecule has 0 saturated carbocycles. The number of rotatable bonds is 3. The lowest BCUT2D eigenvalue weighted by Gasteiger charge is -2.26. The molecule has 0 unspecified atom stereocenters. The minimum Gasteiger partial charge on any atom is -0.444 e. The summed E-state index contributed by atoms with van der Waals surface area (Å²) >= 11 is 0. The van der Waals surface area contributed by atoms with Gasteiger partial charge in [-0.3, -0.25) is 0 Å². The SMILES string of the molecule is CO[C@@H]1C=CC[C@@H](CNC(=O)OC(C)(C)C)O1. The number of nitrogens with one attached hydrogen (secondary N) is 1. The Balaban J connectivity index is 2.27. The second kappa shape index (κ2) is 6.02. The summed E-state index contributed by atoms with van der Waals surface area (Å²) in [5.41, 5.74) is -0.480. The van der Waals surface area contributed by atoms with Gasteiger partial charge in [0.15, 0.2) is 6.29 Å². The van der Waals surface area contributed by atoms with Crippen molar-refractivity contribution in [2.75, 3.05) is 13.7 Å². The summed E-state index contributed by atoms with van der Waals surface area (Å²) in [7, 11) is 1.58. The maximum Gasteiger partial charge on any atom is 0.407 e. The highest BCUT2D eigenvalue weighted by Crippen LogP contribution is 2.12. The molecule has 1 heterocycles. The zero-order chi connectivity index (χ0) is 12.9. The fourth-order valence-corrected chi connectivity index (χ4v) is 1.41. The number of hydrogen-bond acceptors (Lipinski definition) is 4. The lowest BCUT2D eigenvalue weighted by Crippen LogP contribution is -2.39. The van der Waals surface area contributed by atoms with Crippen LogP contribution in [0.5, 0.6) is 0 Å². The Morgan fingerprint density at radius 1 is 1.53 bits per heavy atom. The van der Waals surface area contributed by atoms with Gasteiger partial charge >= 0.3 is 6.09 Å². The summed E-state index contributed by atoms with van der Waals surface area (Å²) in [5, 5.41) is 2.68. The Hall–Kier alpha value is -1.07. The van der Waals surface area contributed by atoms with Crippen LogP contribution in [-0.2, 0) is 14.2 Å². The van der Waals surface area contributed by atoms with E-state index < -0.39 is 11.7 Å². The van der Waals surface area contributed by atoms with Gasteiger partial charge in [-0.05, 0) is 33.3 Å². The lowest BCUT2D eigenvalue weighted by atomic mass is 10.2. The molecule has 5 nitrogen and oxygen atoms in total. The fraction of sp³-hybridized carbons (Fsp3) is 0.750. The van der Waals surface area contributed by atoms with Gasteiger partial charge in [0, 0.05) is 13.7 Å². The summed E-state index contributed by atoms with van der Waals surface area (Å²) < 4.78 is 15.7. The first-order chi connectivity index (χ1) is 7.90. The average Bonchev–Trinajstić information content (AvgIpc) is 2.24. The molecule has 0 radical (unpaired) electrons. The van der Waals surface area contributed by atoms with Gasteiger partial charge in [-0.2, -0.15) is 0 Å². The summed E-state index contributed by atoms with van der Waals surface area (Å²) in [6.07, 6.45) is 3.77. The van der Waals surface area contributed by atoms with Crippen molar-refractivity contribution < 1.29 is 19.0 Å². The molecule has 1 amide bonds. The molecular weight excluding hydrogens is 222 g/mol. The number of carbonyl (C=O) groups excluding carboxylic acids is 1. The third kappa shape index (κ3) is 5.70. The van der Waals surface area contributed by atoms with Gasteiger partial charge in [-0.15, -0.1) is 0 Å². The van der Waals surface area contributed by atoms with E-state index in [1.54, 1.807) is 7.11 Å². The molecule has 1 rings (SSSR count). The van der Waals surface area contributed by atoms with Gasteiger partial charge in [-0.25, -0.2) is 4.79 Å². The molecule has 1 aliphatic heterocycles. The molecule has 0 spiro atoms. The van der Waals surface area contributed by atoms with Crippen molar-refractivity contribution in [1.82, 2.24) is 5.32 Å². The predicted molar refractivity (Wildman–Crippen MR) is 63.7 cm³/mol. The van der Waals surface area contributed by atoms with Crippen LogP contribution in [0.15, 0.2) is 12.2 Å². The molecule has 5 heteroatoms. The van der Waals surface area contributed by atoms with Gasteiger partial charge in [0.25, 0.3) is 0 Å². The quantitative estimate of drug-likeness (QED) is 0.768. The lowest BCUT2D eigenvalue weighted by molar-refractivity contribution is -0.130. The molecule has 0 saturated heterocycles. The van der Waals surface area contributed by atoms with E-state index in [4.69, 9.17) is 14.2 Å². The Morgan fingerprint density at radius 3 is 2.82 bits per heavy atom. The zero-order valence-electron chi connectivity index (χ0n) is 10.9. The molecule has 17 heavy (non-hydrogen) atoms. The number of ether oxygens (including phenoxy) is 3. The minimum atomic E-state index is -0.480. The number of methoxy groups -OCH3 is 1. The van der Waals surface area contributed by atoms with E-state index in [-0.39, 0.29) is 12.4 Å².